The Hall–Kier alpha value is -1.42. The Balaban J connectivity index is 2.13. The van der Waals surface area contributed by atoms with Crippen LogP contribution in [-0.4, -0.2) is 20.5 Å². The molecule has 0 atom stereocenters. The second-order valence-corrected chi connectivity index (χ2v) is 11.3. The van der Waals surface area contributed by atoms with E-state index >= 15 is 0 Å². The molecule has 142 valence electrons. The van der Waals surface area contributed by atoms with E-state index in [0.29, 0.717) is 18.6 Å². The minimum absolute atomic E-state index is 0.166. The van der Waals surface area contributed by atoms with Gasteiger partial charge in [-0.2, -0.15) is 0 Å². The minimum atomic E-state index is -4.35. The SMILES string of the molecule is O=S(=O)(c1ccc(Cl)cc1)N(Cc1cccs1)S(=O)(=O)c1ccc(Cl)cc1. The molecule has 0 bridgehead atoms. The third-order valence-electron chi connectivity index (χ3n) is 3.62. The van der Waals surface area contributed by atoms with Gasteiger partial charge in [0.15, 0.2) is 0 Å². The van der Waals surface area contributed by atoms with Crippen molar-refractivity contribution in [3.8, 4) is 0 Å². The van der Waals surface area contributed by atoms with E-state index in [9.17, 15) is 16.8 Å². The molecule has 0 N–H and O–H groups in total. The van der Waals surface area contributed by atoms with Crippen molar-refractivity contribution >= 4 is 54.6 Å². The van der Waals surface area contributed by atoms with Crippen molar-refractivity contribution < 1.29 is 16.8 Å². The largest absolute Gasteiger partial charge is 0.256 e. The molecule has 0 amide bonds. The van der Waals surface area contributed by atoms with E-state index in [4.69, 9.17) is 23.2 Å². The van der Waals surface area contributed by atoms with E-state index in [1.807, 2.05) is 0 Å². The standard InChI is InChI=1S/C17H13Cl2NO4S3/c18-13-3-7-16(8-4-13)26(21,22)20(12-15-2-1-11-25-15)27(23,24)17-9-5-14(19)6-10-17/h1-11H,12H2. The second-order valence-electron chi connectivity index (χ2n) is 5.43. The monoisotopic (exact) mass is 461 g/mol. The summed E-state index contributed by atoms with van der Waals surface area (Å²) in [5, 5.41) is 2.44. The van der Waals surface area contributed by atoms with Gasteiger partial charge in [-0.1, -0.05) is 33.0 Å². The molecule has 1 heterocycles. The Bertz CT molecular complexity index is 1050. The molecule has 0 saturated heterocycles. The molecule has 0 unspecified atom stereocenters. The van der Waals surface area contributed by atoms with Gasteiger partial charge < -0.3 is 0 Å². The zero-order chi connectivity index (χ0) is 19.7. The highest BCUT2D eigenvalue weighted by Gasteiger charge is 2.37. The van der Waals surface area contributed by atoms with Gasteiger partial charge in [0.05, 0.1) is 16.3 Å². The molecule has 0 aliphatic carbocycles. The summed E-state index contributed by atoms with van der Waals surface area (Å²) < 4.78 is 53.1. The summed E-state index contributed by atoms with van der Waals surface area (Å²) in [6, 6.07) is 14.1. The number of nitrogens with zero attached hydrogens (tertiary/aromatic N) is 1. The van der Waals surface area contributed by atoms with Crippen molar-refractivity contribution in [1.82, 2.24) is 3.71 Å². The normalized spacial score (nSPS) is 12.4. The van der Waals surface area contributed by atoms with E-state index < -0.39 is 20.0 Å². The molecule has 0 aliphatic heterocycles. The van der Waals surface area contributed by atoms with Crippen LogP contribution in [0.3, 0.4) is 0 Å². The average Bonchev–Trinajstić information content (AvgIpc) is 3.13. The molecule has 0 saturated carbocycles. The van der Waals surface area contributed by atoms with Crippen LogP contribution in [0.4, 0.5) is 0 Å². The molecule has 27 heavy (non-hydrogen) atoms. The first-order chi connectivity index (χ1) is 12.7. The van der Waals surface area contributed by atoms with Crippen LogP contribution in [0.15, 0.2) is 75.8 Å². The Morgan fingerprint density at radius 3 is 1.56 bits per heavy atom. The van der Waals surface area contributed by atoms with Gasteiger partial charge in [-0.25, -0.2) is 16.8 Å². The highest BCUT2D eigenvalue weighted by molar-refractivity contribution is 8.04. The lowest BCUT2D eigenvalue weighted by Gasteiger charge is -2.21. The summed E-state index contributed by atoms with van der Waals surface area (Å²) in [6.45, 7) is -0.312. The fourth-order valence-electron chi connectivity index (χ4n) is 2.28. The van der Waals surface area contributed by atoms with Crippen molar-refractivity contribution in [3.63, 3.8) is 0 Å². The lowest BCUT2D eigenvalue weighted by Crippen LogP contribution is -2.36. The van der Waals surface area contributed by atoms with Crippen LogP contribution in [0.5, 0.6) is 0 Å². The molecule has 2 aromatic carbocycles. The molecule has 3 rings (SSSR count). The molecular formula is C17H13Cl2NO4S3. The van der Waals surface area contributed by atoms with Gasteiger partial charge in [-0.15, -0.1) is 11.3 Å². The van der Waals surface area contributed by atoms with E-state index in [1.165, 1.54) is 59.9 Å². The number of benzene rings is 2. The van der Waals surface area contributed by atoms with Gasteiger partial charge in [0.1, 0.15) is 0 Å². The molecule has 0 radical (unpaired) electrons. The minimum Gasteiger partial charge on any atom is -0.206 e. The van der Waals surface area contributed by atoms with E-state index in [0.717, 1.165) is 0 Å². The maximum atomic E-state index is 13.1. The maximum absolute atomic E-state index is 13.1. The lowest BCUT2D eigenvalue weighted by molar-refractivity contribution is 0.496. The summed E-state index contributed by atoms with van der Waals surface area (Å²) in [5.74, 6) is 0. The van der Waals surface area contributed by atoms with Gasteiger partial charge >= 0.3 is 0 Å². The van der Waals surface area contributed by atoms with E-state index in [-0.39, 0.29) is 16.3 Å². The van der Waals surface area contributed by atoms with Gasteiger partial charge in [-0.05, 0) is 60.0 Å². The van der Waals surface area contributed by atoms with Crippen LogP contribution in [0.2, 0.25) is 10.0 Å². The zero-order valence-corrected chi connectivity index (χ0v) is 17.6. The van der Waals surface area contributed by atoms with Crippen LogP contribution >= 0.6 is 34.5 Å². The molecular weight excluding hydrogens is 449 g/mol. The van der Waals surface area contributed by atoms with Crippen LogP contribution in [0.1, 0.15) is 4.88 Å². The third kappa shape index (κ3) is 4.37. The van der Waals surface area contributed by atoms with Crippen molar-refractivity contribution in [3.05, 3.63) is 81.0 Å². The summed E-state index contributed by atoms with van der Waals surface area (Å²) in [7, 11) is -8.70. The average molecular weight is 462 g/mol. The molecule has 3 aromatic rings. The summed E-state index contributed by atoms with van der Waals surface area (Å²) in [5.41, 5.74) is 0. The quantitative estimate of drug-likeness (QED) is 0.535. The first-order valence-corrected chi connectivity index (χ1v) is 12.0. The Morgan fingerprint density at radius 1 is 0.741 bits per heavy atom. The number of hydrogen-bond donors (Lipinski definition) is 0. The molecule has 0 fully saturated rings. The van der Waals surface area contributed by atoms with Gasteiger partial charge in [0.25, 0.3) is 20.0 Å². The lowest BCUT2D eigenvalue weighted by atomic mass is 10.4. The van der Waals surface area contributed by atoms with Crippen molar-refractivity contribution in [2.75, 3.05) is 0 Å². The summed E-state index contributed by atoms with van der Waals surface area (Å²) in [6.07, 6.45) is 0. The Kier molecular flexibility index (Phi) is 5.95. The van der Waals surface area contributed by atoms with Crippen LogP contribution < -0.4 is 0 Å². The number of rotatable bonds is 6. The third-order valence-corrected chi connectivity index (χ3v) is 9.23. The van der Waals surface area contributed by atoms with Crippen molar-refractivity contribution in [2.24, 2.45) is 0 Å². The predicted molar refractivity (Wildman–Crippen MR) is 107 cm³/mol. The van der Waals surface area contributed by atoms with Crippen molar-refractivity contribution in [1.29, 1.82) is 0 Å². The molecule has 0 spiro atoms. The maximum Gasteiger partial charge on any atom is 0.256 e. The molecule has 5 nitrogen and oxygen atoms in total. The Labute approximate surface area is 171 Å². The molecule has 10 heteroatoms. The van der Waals surface area contributed by atoms with Gasteiger partial charge in [0.2, 0.25) is 0 Å². The Morgan fingerprint density at radius 2 is 1.19 bits per heavy atom. The van der Waals surface area contributed by atoms with Gasteiger partial charge in [0, 0.05) is 14.9 Å². The fourth-order valence-corrected chi connectivity index (χ4v) is 6.98. The molecule has 1 aromatic heterocycles. The molecule has 0 aliphatic rings. The second kappa shape index (κ2) is 7.90. The number of thiophene rings is 1. The smallest absolute Gasteiger partial charge is 0.206 e. The topological polar surface area (TPSA) is 71.5 Å². The van der Waals surface area contributed by atoms with E-state index in [1.54, 1.807) is 17.5 Å². The van der Waals surface area contributed by atoms with Gasteiger partial charge in [-0.3, -0.25) is 0 Å². The highest BCUT2D eigenvalue weighted by atomic mass is 35.5. The highest BCUT2D eigenvalue weighted by Crippen LogP contribution is 2.29. The number of hydrogen-bond acceptors (Lipinski definition) is 5. The van der Waals surface area contributed by atoms with Crippen LogP contribution in [-0.2, 0) is 26.6 Å². The first-order valence-electron chi connectivity index (χ1n) is 7.53. The van der Waals surface area contributed by atoms with Crippen LogP contribution in [0, 0.1) is 0 Å². The number of halogens is 2. The van der Waals surface area contributed by atoms with E-state index in [2.05, 4.69) is 0 Å². The van der Waals surface area contributed by atoms with Crippen molar-refractivity contribution in [2.45, 2.75) is 16.3 Å². The number of sulfonamides is 2. The summed E-state index contributed by atoms with van der Waals surface area (Å²) >= 11 is 12.9. The predicted octanol–water partition coefficient (Wildman–Crippen LogP) is 4.63. The summed E-state index contributed by atoms with van der Waals surface area (Å²) in [4.78, 5) is 0.257. The fraction of sp³-hybridized carbons (Fsp3) is 0.0588. The van der Waals surface area contributed by atoms with Crippen LogP contribution in [0.25, 0.3) is 0 Å². The zero-order valence-electron chi connectivity index (χ0n) is 13.6. The first kappa shape index (κ1) is 20.3.